The van der Waals surface area contributed by atoms with E-state index in [-0.39, 0.29) is 17.5 Å². The fourth-order valence-electron chi connectivity index (χ4n) is 3.49. The Balaban J connectivity index is 1.52. The molecule has 1 amide bonds. The number of nitrogens with zero attached hydrogens (tertiary/aromatic N) is 2. The number of fused-ring (bicyclic) bond motifs is 1. The molecule has 2 aliphatic rings. The van der Waals surface area contributed by atoms with Crippen LogP contribution in [0.25, 0.3) is 0 Å². The summed E-state index contributed by atoms with van der Waals surface area (Å²) in [5, 5.41) is 7.26. The number of hydrogen-bond donors (Lipinski definition) is 1. The number of carbonyl (C=O) groups excluding carboxylic acids is 1. The lowest BCUT2D eigenvalue weighted by Crippen LogP contribution is -2.53. The zero-order chi connectivity index (χ0) is 16.7. The summed E-state index contributed by atoms with van der Waals surface area (Å²) in [5.74, 6) is 0.202. The molecule has 2 aromatic rings. The second-order valence-electron chi connectivity index (χ2n) is 6.56. The van der Waals surface area contributed by atoms with Crippen LogP contribution in [0.4, 0.5) is 8.78 Å². The van der Waals surface area contributed by atoms with Crippen LogP contribution in [0.1, 0.15) is 48.3 Å². The first-order chi connectivity index (χ1) is 11.6. The highest BCUT2D eigenvalue weighted by Gasteiger charge is 2.44. The number of amides is 1. The molecule has 4 rings (SSSR count). The number of thiophene rings is 1. The zero-order valence-corrected chi connectivity index (χ0v) is 13.8. The normalized spacial score (nSPS) is 19.1. The molecule has 0 atom stereocenters. The van der Waals surface area contributed by atoms with Gasteiger partial charge in [-0.05, 0) is 60.1 Å². The standard InChI is InChI=1S/C17H17F2N3OS/c18-14(19)13-2-5-20-16(21-13)17(3-1-4-17)22-15(23)10-6-11-8-24-9-12(11)7-10/h2,5,8-10,14H,1,3-4,6-7H2,(H,22,23). The molecule has 24 heavy (non-hydrogen) atoms. The minimum atomic E-state index is -2.63. The maximum atomic E-state index is 12.9. The number of alkyl halides is 2. The molecule has 7 heteroatoms. The van der Waals surface area contributed by atoms with Gasteiger partial charge in [-0.25, -0.2) is 18.7 Å². The summed E-state index contributed by atoms with van der Waals surface area (Å²) in [6.07, 6.45) is 2.53. The lowest BCUT2D eigenvalue weighted by atomic mass is 9.75. The molecule has 1 saturated carbocycles. The Kier molecular flexibility index (Phi) is 3.83. The second-order valence-corrected chi connectivity index (χ2v) is 7.30. The van der Waals surface area contributed by atoms with Gasteiger partial charge in [0.15, 0.2) is 5.82 Å². The van der Waals surface area contributed by atoms with Crippen LogP contribution in [-0.4, -0.2) is 15.9 Å². The molecule has 2 heterocycles. The highest BCUT2D eigenvalue weighted by Crippen LogP contribution is 2.41. The molecule has 1 fully saturated rings. The minimum Gasteiger partial charge on any atom is -0.343 e. The van der Waals surface area contributed by atoms with Gasteiger partial charge in [-0.15, -0.1) is 0 Å². The Labute approximate surface area is 142 Å². The predicted octanol–water partition coefficient (Wildman–Crippen LogP) is 3.39. The Morgan fingerprint density at radius 3 is 2.58 bits per heavy atom. The van der Waals surface area contributed by atoms with Crippen LogP contribution in [0.3, 0.4) is 0 Å². The van der Waals surface area contributed by atoms with E-state index >= 15 is 0 Å². The van der Waals surface area contributed by atoms with Crippen molar-refractivity contribution in [2.45, 2.75) is 44.1 Å². The molecule has 0 bridgehead atoms. The average molecular weight is 349 g/mol. The van der Waals surface area contributed by atoms with E-state index in [1.165, 1.54) is 23.4 Å². The first-order valence-electron chi connectivity index (χ1n) is 8.05. The minimum absolute atomic E-state index is 0.0260. The van der Waals surface area contributed by atoms with Crippen LogP contribution in [0.5, 0.6) is 0 Å². The molecule has 0 saturated heterocycles. The summed E-state index contributed by atoms with van der Waals surface area (Å²) in [6.45, 7) is 0. The summed E-state index contributed by atoms with van der Waals surface area (Å²) >= 11 is 1.66. The maximum Gasteiger partial charge on any atom is 0.280 e. The lowest BCUT2D eigenvalue weighted by Gasteiger charge is -2.41. The first kappa shape index (κ1) is 15.6. The van der Waals surface area contributed by atoms with Gasteiger partial charge in [0, 0.05) is 12.1 Å². The topological polar surface area (TPSA) is 54.9 Å². The fourth-order valence-corrected chi connectivity index (χ4v) is 4.39. The van der Waals surface area contributed by atoms with Crippen molar-refractivity contribution in [2.24, 2.45) is 5.92 Å². The second kappa shape index (κ2) is 5.88. The predicted molar refractivity (Wildman–Crippen MR) is 85.9 cm³/mol. The molecule has 1 N–H and O–H groups in total. The number of halogens is 2. The molecule has 0 radical (unpaired) electrons. The molecular formula is C17H17F2N3OS. The van der Waals surface area contributed by atoms with Crippen molar-refractivity contribution in [3.63, 3.8) is 0 Å². The number of rotatable bonds is 4. The van der Waals surface area contributed by atoms with Crippen molar-refractivity contribution in [3.05, 3.63) is 45.7 Å². The monoisotopic (exact) mass is 349 g/mol. The van der Waals surface area contributed by atoms with Gasteiger partial charge in [-0.1, -0.05) is 0 Å². The molecule has 0 aromatic carbocycles. The summed E-state index contributed by atoms with van der Waals surface area (Å²) in [4.78, 5) is 20.9. The number of aromatic nitrogens is 2. The molecule has 0 unspecified atom stereocenters. The van der Waals surface area contributed by atoms with Gasteiger partial charge in [0.05, 0.1) is 5.54 Å². The number of hydrogen-bond acceptors (Lipinski definition) is 4. The fraction of sp³-hybridized carbons (Fsp3) is 0.471. The zero-order valence-electron chi connectivity index (χ0n) is 13.0. The highest BCUT2D eigenvalue weighted by atomic mass is 32.1. The molecule has 4 nitrogen and oxygen atoms in total. The average Bonchev–Trinajstić information content (AvgIpc) is 3.12. The SMILES string of the molecule is O=C(NC1(c2nccc(C(F)F)n2)CCC1)C1Cc2cscc2C1. The van der Waals surface area contributed by atoms with E-state index in [2.05, 4.69) is 26.0 Å². The quantitative estimate of drug-likeness (QED) is 0.921. The molecule has 2 aromatic heterocycles. The number of nitrogens with one attached hydrogen (secondary N) is 1. The van der Waals surface area contributed by atoms with Crippen LogP contribution in [0.2, 0.25) is 0 Å². The molecule has 126 valence electrons. The third kappa shape index (κ3) is 2.60. The maximum absolute atomic E-state index is 12.9. The Morgan fingerprint density at radius 2 is 2.00 bits per heavy atom. The Morgan fingerprint density at radius 1 is 1.29 bits per heavy atom. The van der Waals surface area contributed by atoms with Crippen molar-refractivity contribution in [1.82, 2.24) is 15.3 Å². The van der Waals surface area contributed by atoms with Crippen LogP contribution in [0.15, 0.2) is 23.0 Å². The lowest BCUT2D eigenvalue weighted by molar-refractivity contribution is -0.128. The van der Waals surface area contributed by atoms with Crippen molar-refractivity contribution in [2.75, 3.05) is 0 Å². The van der Waals surface area contributed by atoms with Crippen LogP contribution < -0.4 is 5.32 Å². The third-order valence-electron chi connectivity index (χ3n) is 5.03. The molecule has 0 spiro atoms. The van der Waals surface area contributed by atoms with Gasteiger partial charge < -0.3 is 5.32 Å². The largest absolute Gasteiger partial charge is 0.343 e. The van der Waals surface area contributed by atoms with Crippen LogP contribution in [-0.2, 0) is 23.2 Å². The number of carbonyl (C=O) groups is 1. The van der Waals surface area contributed by atoms with E-state index in [1.807, 2.05) is 0 Å². The smallest absolute Gasteiger partial charge is 0.280 e. The molecule has 0 aliphatic heterocycles. The summed E-state index contributed by atoms with van der Waals surface area (Å²) in [7, 11) is 0. The van der Waals surface area contributed by atoms with Crippen molar-refractivity contribution in [3.8, 4) is 0 Å². The Hall–Kier alpha value is -1.89. The van der Waals surface area contributed by atoms with Gasteiger partial charge in [0.2, 0.25) is 5.91 Å². The summed E-state index contributed by atoms with van der Waals surface area (Å²) in [5.41, 5.74) is 1.53. The van der Waals surface area contributed by atoms with E-state index < -0.39 is 12.0 Å². The van der Waals surface area contributed by atoms with Crippen molar-refractivity contribution >= 4 is 17.2 Å². The molecular weight excluding hydrogens is 332 g/mol. The van der Waals surface area contributed by atoms with Gasteiger partial charge in [-0.2, -0.15) is 11.3 Å². The van der Waals surface area contributed by atoms with Gasteiger partial charge in [0.25, 0.3) is 6.43 Å². The van der Waals surface area contributed by atoms with Crippen molar-refractivity contribution in [1.29, 1.82) is 0 Å². The first-order valence-corrected chi connectivity index (χ1v) is 8.99. The van der Waals surface area contributed by atoms with E-state index in [9.17, 15) is 13.6 Å². The van der Waals surface area contributed by atoms with Crippen molar-refractivity contribution < 1.29 is 13.6 Å². The summed E-state index contributed by atoms with van der Waals surface area (Å²) < 4.78 is 25.8. The molecule has 2 aliphatic carbocycles. The van der Waals surface area contributed by atoms with E-state index in [4.69, 9.17) is 0 Å². The highest BCUT2D eigenvalue weighted by molar-refractivity contribution is 7.08. The third-order valence-corrected chi connectivity index (χ3v) is 5.88. The van der Waals surface area contributed by atoms with E-state index in [1.54, 1.807) is 11.3 Å². The van der Waals surface area contributed by atoms with E-state index in [0.29, 0.717) is 18.7 Å². The Bertz CT molecular complexity index is 752. The van der Waals surface area contributed by atoms with Gasteiger partial charge >= 0.3 is 0 Å². The van der Waals surface area contributed by atoms with Gasteiger partial charge in [-0.3, -0.25) is 4.79 Å². The van der Waals surface area contributed by atoms with Crippen LogP contribution >= 0.6 is 11.3 Å². The summed E-state index contributed by atoms with van der Waals surface area (Å²) in [6, 6.07) is 1.22. The van der Waals surface area contributed by atoms with Gasteiger partial charge in [0.1, 0.15) is 5.69 Å². The van der Waals surface area contributed by atoms with Crippen LogP contribution in [0, 0.1) is 5.92 Å². The van der Waals surface area contributed by atoms with E-state index in [0.717, 1.165) is 19.3 Å².